The highest BCUT2D eigenvalue weighted by atomic mass is 79.9. The quantitative estimate of drug-likeness (QED) is 0.738. The van der Waals surface area contributed by atoms with Gasteiger partial charge in [-0.15, -0.1) is 0 Å². The van der Waals surface area contributed by atoms with Gasteiger partial charge in [0, 0.05) is 23.3 Å². The van der Waals surface area contributed by atoms with Crippen LogP contribution in [0.15, 0.2) is 53.0 Å². The minimum Gasteiger partial charge on any atom is -0.491 e. The van der Waals surface area contributed by atoms with Crippen LogP contribution in [0.1, 0.15) is 18.5 Å². The van der Waals surface area contributed by atoms with Crippen molar-refractivity contribution in [3.63, 3.8) is 0 Å². The Morgan fingerprint density at radius 2 is 1.76 bits per heavy atom. The second-order valence-electron chi connectivity index (χ2n) is 4.75. The van der Waals surface area contributed by atoms with E-state index in [1.165, 1.54) is 5.56 Å². The third-order valence-electron chi connectivity index (χ3n) is 3.17. The second-order valence-corrected chi connectivity index (χ2v) is 5.61. The van der Waals surface area contributed by atoms with Gasteiger partial charge in [0.25, 0.3) is 0 Å². The number of anilines is 1. The Labute approximate surface area is 134 Å². The van der Waals surface area contributed by atoms with E-state index in [4.69, 9.17) is 9.47 Å². The Hall–Kier alpha value is -1.52. The molecule has 0 bridgehead atoms. The molecule has 0 saturated carbocycles. The molecule has 0 heterocycles. The summed E-state index contributed by atoms with van der Waals surface area (Å²) < 4.78 is 11.6. The molecule has 4 heteroatoms. The lowest BCUT2D eigenvalue weighted by molar-refractivity contribution is 0.146. The topological polar surface area (TPSA) is 30.5 Å². The highest BCUT2D eigenvalue weighted by Crippen LogP contribution is 2.26. The normalized spacial score (nSPS) is 12.0. The summed E-state index contributed by atoms with van der Waals surface area (Å²) in [5.41, 5.74) is 2.30. The summed E-state index contributed by atoms with van der Waals surface area (Å²) in [5.74, 6) is 0.853. The predicted molar refractivity (Wildman–Crippen MR) is 90.0 cm³/mol. The number of halogens is 1. The summed E-state index contributed by atoms with van der Waals surface area (Å²) in [4.78, 5) is 0. The molecule has 0 saturated heterocycles. The van der Waals surface area contributed by atoms with E-state index in [-0.39, 0.29) is 6.04 Å². The predicted octanol–water partition coefficient (Wildman–Crippen LogP) is 4.65. The van der Waals surface area contributed by atoms with Crippen molar-refractivity contribution >= 4 is 21.6 Å². The Morgan fingerprint density at radius 1 is 1.05 bits per heavy atom. The zero-order chi connectivity index (χ0) is 15.1. The van der Waals surface area contributed by atoms with Crippen LogP contribution in [0.4, 0.5) is 5.69 Å². The second kappa shape index (κ2) is 8.05. The fourth-order valence-corrected chi connectivity index (χ4v) is 2.67. The van der Waals surface area contributed by atoms with Crippen LogP contribution in [0.25, 0.3) is 0 Å². The lowest BCUT2D eigenvalue weighted by atomic mass is 10.1. The van der Waals surface area contributed by atoms with Crippen LogP contribution in [-0.4, -0.2) is 20.3 Å². The summed E-state index contributed by atoms with van der Waals surface area (Å²) in [7, 11) is 1.67. The first kappa shape index (κ1) is 15.9. The highest BCUT2D eigenvalue weighted by Gasteiger charge is 2.08. The minimum absolute atomic E-state index is 0.223. The maximum absolute atomic E-state index is 5.55. The maximum atomic E-state index is 5.55. The van der Waals surface area contributed by atoms with Gasteiger partial charge in [0.15, 0.2) is 0 Å². The van der Waals surface area contributed by atoms with Gasteiger partial charge in [-0.1, -0.05) is 34.1 Å². The number of ether oxygens (including phenoxy) is 2. The first-order chi connectivity index (χ1) is 10.2. The number of methoxy groups -OCH3 is 1. The molecule has 2 rings (SSSR count). The van der Waals surface area contributed by atoms with Crippen molar-refractivity contribution in [2.75, 3.05) is 25.6 Å². The summed E-state index contributed by atoms with van der Waals surface area (Å²) >= 11 is 3.59. The third-order valence-corrected chi connectivity index (χ3v) is 3.89. The molecule has 112 valence electrons. The van der Waals surface area contributed by atoms with E-state index in [0.29, 0.717) is 13.2 Å². The van der Waals surface area contributed by atoms with Crippen molar-refractivity contribution in [1.82, 2.24) is 0 Å². The molecular formula is C17H20BrNO2. The van der Waals surface area contributed by atoms with Gasteiger partial charge in [-0.25, -0.2) is 0 Å². The Bertz CT molecular complexity index is 557. The molecule has 0 aromatic heterocycles. The molecule has 0 aliphatic rings. The lowest BCUT2D eigenvalue weighted by Crippen LogP contribution is -2.07. The molecule has 1 N–H and O–H groups in total. The van der Waals surface area contributed by atoms with Crippen LogP contribution in [0, 0.1) is 0 Å². The third kappa shape index (κ3) is 4.76. The van der Waals surface area contributed by atoms with Crippen LogP contribution < -0.4 is 10.1 Å². The Balaban J connectivity index is 1.95. The van der Waals surface area contributed by atoms with E-state index in [0.717, 1.165) is 15.9 Å². The van der Waals surface area contributed by atoms with Gasteiger partial charge in [-0.3, -0.25) is 0 Å². The molecule has 2 aromatic rings. The monoisotopic (exact) mass is 349 g/mol. The fourth-order valence-electron chi connectivity index (χ4n) is 2.04. The highest BCUT2D eigenvalue weighted by molar-refractivity contribution is 9.10. The first-order valence-electron chi connectivity index (χ1n) is 6.93. The van der Waals surface area contributed by atoms with Crippen molar-refractivity contribution in [1.29, 1.82) is 0 Å². The van der Waals surface area contributed by atoms with Crippen molar-refractivity contribution in [3.8, 4) is 5.75 Å². The minimum atomic E-state index is 0.223. The van der Waals surface area contributed by atoms with Crippen LogP contribution in [-0.2, 0) is 4.74 Å². The van der Waals surface area contributed by atoms with Crippen LogP contribution >= 0.6 is 15.9 Å². The fraction of sp³-hybridized carbons (Fsp3) is 0.294. The molecular weight excluding hydrogens is 330 g/mol. The zero-order valence-corrected chi connectivity index (χ0v) is 13.9. The number of hydrogen-bond donors (Lipinski definition) is 1. The van der Waals surface area contributed by atoms with Gasteiger partial charge >= 0.3 is 0 Å². The molecule has 1 atom stereocenters. The lowest BCUT2D eigenvalue weighted by Gasteiger charge is -2.17. The van der Waals surface area contributed by atoms with Gasteiger partial charge < -0.3 is 14.8 Å². The van der Waals surface area contributed by atoms with Crippen LogP contribution in [0.2, 0.25) is 0 Å². The largest absolute Gasteiger partial charge is 0.491 e. The smallest absolute Gasteiger partial charge is 0.119 e. The van der Waals surface area contributed by atoms with Gasteiger partial charge in [-0.2, -0.15) is 0 Å². The standard InChI is InChI=1S/C17H20BrNO2/c1-13(16-5-3-4-6-17(16)18)19-14-7-9-15(10-8-14)21-12-11-20-2/h3-10,13,19H,11-12H2,1-2H3. The van der Waals surface area contributed by atoms with E-state index in [2.05, 4.69) is 40.3 Å². The summed E-state index contributed by atoms with van der Waals surface area (Å²) in [6, 6.07) is 16.4. The van der Waals surface area contributed by atoms with Crippen molar-refractivity contribution in [3.05, 3.63) is 58.6 Å². The SMILES string of the molecule is COCCOc1ccc(NC(C)c2ccccc2Br)cc1. The Kier molecular flexibility index (Phi) is 6.08. The zero-order valence-electron chi connectivity index (χ0n) is 12.3. The van der Waals surface area contributed by atoms with E-state index in [1.54, 1.807) is 7.11 Å². The number of nitrogens with one attached hydrogen (secondary N) is 1. The van der Waals surface area contributed by atoms with E-state index in [9.17, 15) is 0 Å². The van der Waals surface area contributed by atoms with Crippen molar-refractivity contribution < 1.29 is 9.47 Å². The molecule has 1 unspecified atom stereocenters. The summed E-state index contributed by atoms with van der Waals surface area (Å²) in [6.45, 7) is 3.30. The van der Waals surface area contributed by atoms with Gasteiger partial charge in [-0.05, 0) is 42.8 Å². The number of benzene rings is 2. The average Bonchev–Trinajstić information content (AvgIpc) is 2.49. The molecule has 3 nitrogen and oxygen atoms in total. The average molecular weight is 350 g/mol. The first-order valence-corrected chi connectivity index (χ1v) is 7.73. The van der Waals surface area contributed by atoms with Gasteiger partial charge in [0.05, 0.1) is 6.61 Å². The Morgan fingerprint density at radius 3 is 2.43 bits per heavy atom. The number of rotatable bonds is 7. The van der Waals surface area contributed by atoms with E-state index < -0.39 is 0 Å². The maximum Gasteiger partial charge on any atom is 0.119 e. The molecule has 0 fully saturated rings. The molecule has 0 amide bonds. The molecule has 0 radical (unpaired) electrons. The number of hydrogen-bond acceptors (Lipinski definition) is 3. The van der Waals surface area contributed by atoms with Crippen LogP contribution in [0.5, 0.6) is 5.75 Å². The molecule has 0 aliphatic carbocycles. The van der Waals surface area contributed by atoms with E-state index in [1.807, 2.05) is 36.4 Å². The van der Waals surface area contributed by atoms with Gasteiger partial charge in [0.1, 0.15) is 12.4 Å². The van der Waals surface area contributed by atoms with Crippen molar-refractivity contribution in [2.45, 2.75) is 13.0 Å². The van der Waals surface area contributed by atoms with Crippen LogP contribution in [0.3, 0.4) is 0 Å². The summed E-state index contributed by atoms with van der Waals surface area (Å²) in [5, 5.41) is 3.48. The van der Waals surface area contributed by atoms with E-state index >= 15 is 0 Å². The van der Waals surface area contributed by atoms with Gasteiger partial charge in [0.2, 0.25) is 0 Å². The molecule has 2 aromatic carbocycles. The molecule has 0 spiro atoms. The summed E-state index contributed by atoms with van der Waals surface area (Å²) in [6.07, 6.45) is 0. The molecule has 0 aliphatic heterocycles. The molecule has 21 heavy (non-hydrogen) atoms. The van der Waals surface area contributed by atoms with Crippen molar-refractivity contribution in [2.24, 2.45) is 0 Å².